The summed E-state index contributed by atoms with van der Waals surface area (Å²) < 4.78 is 0. The van der Waals surface area contributed by atoms with E-state index in [1.807, 2.05) is 0 Å². The number of rotatable bonds is 30. The van der Waals surface area contributed by atoms with E-state index in [9.17, 15) is 5.21 Å². The van der Waals surface area contributed by atoms with Crippen molar-refractivity contribution in [1.82, 2.24) is 5.06 Å². The largest absolute Gasteiger partial charge is 0.785 e. The minimum absolute atomic E-state index is 0.264. The lowest BCUT2D eigenvalue weighted by atomic mass is 9.99. The lowest BCUT2D eigenvalue weighted by Gasteiger charge is -2.33. The molecule has 1 unspecified atom stereocenters. The van der Waals surface area contributed by atoms with Gasteiger partial charge >= 0.3 is 0 Å². The predicted octanol–water partition coefficient (Wildman–Crippen LogP) is 12.1. The van der Waals surface area contributed by atoms with E-state index in [0.29, 0.717) is 0 Å². The van der Waals surface area contributed by atoms with Gasteiger partial charge in [-0.05, 0) is 25.9 Å². The SMILES string of the molecule is CCCCCCCCCCCCCCCCCCCCC(CCCCCCCCCCC)N(C)[O-]. The van der Waals surface area contributed by atoms with Crippen molar-refractivity contribution >= 4 is 0 Å². The van der Waals surface area contributed by atoms with E-state index >= 15 is 0 Å². The van der Waals surface area contributed by atoms with Gasteiger partial charge < -0.3 is 10.3 Å². The molecule has 0 aliphatic carbocycles. The molecule has 2 nitrogen and oxygen atoms in total. The maximum atomic E-state index is 11.9. The molecule has 0 saturated carbocycles. The maximum absolute atomic E-state index is 11.9. The van der Waals surface area contributed by atoms with Crippen molar-refractivity contribution in [3.05, 3.63) is 5.21 Å². The molecule has 0 N–H and O–H groups in total. The average Bonchev–Trinajstić information content (AvgIpc) is 2.85. The Kier molecular flexibility index (Phi) is 30.1. The van der Waals surface area contributed by atoms with Crippen molar-refractivity contribution in [3.8, 4) is 0 Å². The van der Waals surface area contributed by atoms with E-state index in [2.05, 4.69) is 13.8 Å². The lowest BCUT2D eigenvalue weighted by molar-refractivity contribution is 0.280. The summed E-state index contributed by atoms with van der Waals surface area (Å²) in [7, 11) is 1.74. The second-order valence-electron chi connectivity index (χ2n) is 11.6. The van der Waals surface area contributed by atoms with Crippen LogP contribution in [0.25, 0.3) is 0 Å². The maximum Gasteiger partial charge on any atom is -0.00282 e. The van der Waals surface area contributed by atoms with Crippen molar-refractivity contribution < 1.29 is 0 Å². The highest BCUT2D eigenvalue weighted by Gasteiger charge is 2.07. The summed E-state index contributed by atoms with van der Waals surface area (Å²) in [5, 5.41) is 13.2. The molecule has 1 atom stereocenters. The van der Waals surface area contributed by atoms with Crippen LogP contribution in [0.15, 0.2) is 0 Å². The van der Waals surface area contributed by atoms with E-state index in [0.717, 1.165) is 12.8 Å². The molecule has 2 heteroatoms. The Morgan fingerprint density at radius 2 is 0.571 bits per heavy atom. The van der Waals surface area contributed by atoms with Gasteiger partial charge in [0.2, 0.25) is 0 Å². The Bertz CT molecular complexity index is 370. The van der Waals surface area contributed by atoms with Crippen molar-refractivity contribution in [2.45, 2.75) is 206 Å². The third kappa shape index (κ3) is 28.3. The Balaban J connectivity index is 3.34. The van der Waals surface area contributed by atoms with Crippen LogP contribution >= 0.6 is 0 Å². The van der Waals surface area contributed by atoms with Gasteiger partial charge in [-0.2, -0.15) is 0 Å². The Hall–Kier alpha value is -0.0800. The van der Waals surface area contributed by atoms with Crippen LogP contribution in [-0.2, 0) is 0 Å². The van der Waals surface area contributed by atoms with Gasteiger partial charge in [-0.15, -0.1) is 0 Å². The van der Waals surface area contributed by atoms with Crippen molar-refractivity contribution in [2.24, 2.45) is 0 Å². The summed E-state index contributed by atoms with van der Waals surface area (Å²) in [4.78, 5) is 0. The molecule has 0 amide bonds. The predicted molar refractivity (Wildman–Crippen MR) is 160 cm³/mol. The molecule has 0 heterocycles. The van der Waals surface area contributed by atoms with Crippen LogP contribution < -0.4 is 0 Å². The van der Waals surface area contributed by atoms with Crippen LogP contribution in [-0.4, -0.2) is 18.2 Å². The number of hydrogen-bond acceptors (Lipinski definition) is 2. The van der Waals surface area contributed by atoms with Gasteiger partial charge in [0.25, 0.3) is 0 Å². The molecule has 0 aromatic heterocycles. The van der Waals surface area contributed by atoms with Crippen molar-refractivity contribution in [3.63, 3.8) is 0 Å². The number of hydrogen-bond donors (Lipinski definition) is 0. The van der Waals surface area contributed by atoms with E-state index < -0.39 is 0 Å². The molecule has 0 aliphatic heterocycles. The second-order valence-corrected chi connectivity index (χ2v) is 11.6. The Morgan fingerprint density at radius 3 is 0.771 bits per heavy atom. The second kappa shape index (κ2) is 30.1. The molecule has 212 valence electrons. The minimum atomic E-state index is 0.264. The Morgan fingerprint density at radius 1 is 0.371 bits per heavy atom. The van der Waals surface area contributed by atoms with Gasteiger partial charge in [0.05, 0.1) is 0 Å². The monoisotopic (exact) mass is 495 g/mol. The van der Waals surface area contributed by atoms with Gasteiger partial charge in [-0.25, -0.2) is 0 Å². The molecule has 0 bridgehead atoms. The van der Waals surface area contributed by atoms with E-state index in [4.69, 9.17) is 0 Å². The minimum Gasteiger partial charge on any atom is -0.785 e. The molecule has 0 fully saturated rings. The first-order valence-electron chi connectivity index (χ1n) is 16.6. The normalized spacial score (nSPS) is 12.6. The summed E-state index contributed by atoms with van der Waals surface area (Å²) in [6.07, 6.45) is 40.1. The highest BCUT2D eigenvalue weighted by Crippen LogP contribution is 2.18. The van der Waals surface area contributed by atoms with Gasteiger partial charge in [-0.3, -0.25) is 0 Å². The molecular formula is C33H68NO-. The van der Waals surface area contributed by atoms with Gasteiger partial charge in [0, 0.05) is 0 Å². The molecule has 0 aromatic rings. The summed E-state index contributed by atoms with van der Waals surface area (Å²) >= 11 is 0. The number of hydroxylamine groups is 2. The molecule has 0 radical (unpaired) electrons. The average molecular weight is 495 g/mol. The standard InChI is InChI=1S/C33H68NO/c1-4-6-8-10-12-14-15-16-17-18-19-20-21-22-24-26-28-30-32-33(34(3)35)31-29-27-25-23-13-11-9-7-5-2/h33H,4-32H2,1-3H3/q-1. The van der Waals surface area contributed by atoms with Crippen LogP contribution in [0.2, 0.25) is 0 Å². The number of nitrogens with zero attached hydrogens (tertiary/aromatic N) is 1. The Labute approximate surface area is 223 Å². The molecule has 0 spiro atoms. The molecule has 0 aliphatic rings. The van der Waals surface area contributed by atoms with Crippen LogP contribution in [0.1, 0.15) is 200 Å². The van der Waals surface area contributed by atoms with Crippen LogP contribution in [0.4, 0.5) is 0 Å². The van der Waals surface area contributed by atoms with Crippen LogP contribution in [0.5, 0.6) is 0 Å². The summed E-state index contributed by atoms with van der Waals surface area (Å²) in [6, 6.07) is 0.264. The van der Waals surface area contributed by atoms with Crippen LogP contribution in [0.3, 0.4) is 0 Å². The zero-order valence-corrected chi connectivity index (χ0v) is 24.9. The highest BCUT2D eigenvalue weighted by atomic mass is 16.5. The fourth-order valence-electron chi connectivity index (χ4n) is 5.48. The highest BCUT2D eigenvalue weighted by molar-refractivity contribution is 4.69. The molecule has 0 aromatic carbocycles. The fraction of sp³-hybridized carbons (Fsp3) is 1.00. The fourth-order valence-corrected chi connectivity index (χ4v) is 5.48. The first-order valence-corrected chi connectivity index (χ1v) is 16.6. The van der Waals surface area contributed by atoms with Gasteiger partial charge in [-0.1, -0.05) is 187 Å². The third-order valence-electron chi connectivity index (χ3n) is 8.05. The van der Waals surface area contributed by atoms with Crippen LogP contribution in [0, 0.1) is 5.21 Å². The molecule has 0 rings (SSSR count). The third-order valence-corrected chi connectivity index (χ3v) is 8.05. The molecule has 0 saturated heterocycles. The summed E-state index contributed by atoms with van der Waals surface area (Å²) in [6.45, 7) is 4.58. The van der Waals surface area contributed by atoms with E-state index in [1.165, 1.54) is 178 Å². The quantitative estimate of drug-likeness (QED) is 0.0732. The van der Waals surface area contributed by atoms with E-state index in [-0.39, 0.29) is 6.04 Å². The smallest absolute Gasteiger partial charge is 0.00282 e. The topological polar surface area (TPSA) is 26.3 Å². The first-order chi connectivity index (χ1) is 17.2. The summed E-state index contributed by atoms with van der Waals surface area (Å²) in [5.41, 5.74) is 0. The van der Waals surface area contributed by atoms with Crippen molar-refractivity contribution in [2.75, 3.05) is 7.05 Å². The van der Waals surface area contributed by atoms with Crippen molar-refractivity contribution in [1.29, 1.82) is 0 Å². The molecule has 35 heavy (non-hydrogen) atoms. The summed E-state index contributed by atoms with van der Waals surface area (Å²) in [5.74, 6) is 0. The lowest BCUT2D eigenvalue weighted by Crippen LogP contribution is -2.26. The molecular weight excluding hydrogens is 426 g/mol. The zero-order chi connectivity index (χ0) is 25.7. The van der Waals surface area contributed by atoms with Gasteiger partial charge in [0.15, 0.2) is 0 Å². The number of unbranched alkanes of at least 4 members (excludes halogenated alkanes) is 25. The first kappa shape index (κ1) is 34.9. The van der Waals surface area contributed by atoms with Gasteiger partial charge in [0.1, 0.15) is 0 Å². The zero-order valence-electron chi connectivity index (χ0n) is 24.9. The van der Waals surface area contributed by atoms with E-state index in [1.54, 1.807) is 7.05 Å².